The molecule has 4 N–H and O–H groups in total. The number of rotatable bonds is 8. The molecule has 0 radical (unpaired) electrons. The maximum Gasteiger partial charge on any atom is 0.243 e. The van der Waals surface area contributed by atoms with Crippen molar-refractivity contribution in [2.45, 2.75) is 57.5 Å². The number of likely N-dealkylation sites (tertiary alicyclic amines) is 1. The normalized spacial score (nSPS) is 17.7. The van der Waals surface area contributed by atoms with E-state index in [4.69, 9.17) is 5.73 Å². The average Bonchev–Trinajstić information content (AvgIpc) is 3.10. The van der Waals surface area contributed by atoms with Crippen molar-refractivity contribution in [1.82, 2.24) is 10.2 Å². The Labute approximate surface area is 153 Å². The van der Waals surface area contributed by atoms with E-state index < -0.39 is 18.0 Å². The molecule has 0 aromatic heterocycles. The number of nitrogens with two attached hydrogens (primary N) is 1. The molecule has 2 atom stereocenters. The third kappa shape index (κ3) is 5.21. The largest absolute Gasteiger partial charge is 0.508 e. The fraction of sp³-hybridized carbons (Fsp3) is 0.526. The zero-order valence-corrected chi connectivity index (χ0v) is 15.1. The van der Waals surface area contributed by atoms with Gasteiger partial charge in [-0.05, 0) is 37.0 Å². The molecule has 0 spiro atoms. The minimum atomic E-state index is -0.861. The Morgan fingerprint density at radius 1 is 1.31 bits per heavy atom. The molecule has 7 heteroatoms. The molecule has 1 aromatic carbocycles. The lowest BCUT2D eigenvalue weighted by Crippen LogP contribution is -2.53. The van der Waals surface area contributed by atoms with E-state index in [0.717, 1.165) is 24.8 Å². The summed E-state index contributed by atoms with van der Waals surface area (Å²) < 4.78 is 0. The van der Waals surface area contributed by atoms with Crippen LogP contribution in [0.2, 0.25) is 0 Å². The van der Waals surface area contributed by atoms with Gasteiger partial charge < -0.3 is 21.1 Å². The topological polar surface area (TPSA) is 113 Å². The van der Waals surface area contributed by atoms with Gasteiger partial charge in [-0.3, -0.25) is 14.4 Å². The maximum absolute atomic E-state index is 12.6. The van der Waals surface area contributed by atoms with E-state index in [1.54, 1.807) is 17.0 Å². The first-order chi connectivity index (χ1) is 12.4. The number of phenols is 1. The van der Waals surface area contributed by atoms with Crippen LogP contribution in [0.25, 0.3) is 0 Å². The van der Waals surface area contributed by atoms with E-state index in [2.05, 4.69) is 5.32 Å². The zero-order valence-electron chi connectivity index (χ0n) is 15.1. The van der Waals surface area contributed by atoms with Crippen LogP contribution in [-0.4, -0.2) is 46.4 Å². The van der Waals surface area contributed by atoms with Crippen LogP contribution < -0.4 is 11.1 Å². The van der Waals surface area contributed by atoms with E-state index in [-0.39, 0.29) is 24.0 Å². The molecule has 1 saturated heterocycles. The highest BCUT2D eigenvalue weighted by molar-refractivity contribution is 5.92. The van der Waals surface area contributed by atoms with Gasteiger partial charge in [0, 0.05) is 19.4 Å². The second-order valence-electron chi connectivity index (χ2n) is 6.68. The molecule has 1 fully saturated rings. The van der Waals surface area contributed by atoms with E-state index in [9.17, 15) is 19.5 Å². The summed E-state index contributed by atoms with van der Waals surface area (Å²) in [6, 6.07) is 4.98. The molecule has 1 aliphatic heterocycles. The summed E-state index contributed by atoms with van der Waals surface area (Å²) in [7, 11) is 0. The van der Waals surface area contributed by atoms with Crippen LogP contribution in [0.4, 0.5) is 0 Å². The quantitative estimate of drug-likeness (QED) is 0.643. The number of nitrogens with zero attached hydrogens (tertiary/aromatic N) is 1. The van der Waals surface area contributed by atoms with Crippen molar-refractivity contribution in [3.8, 4) is 5.75 Å². The zero-order chi connectivity index (χ0) is 19.1. The predicted molar refractivity (Wildman–Crippen MR) is 97.2 cm³/mol. The van der Waals surface area contributed by atoms with Crippen molar-refractivity contribution in [3.63, 3.8) is 0 Å². The molecular weight excluding hydrogens is 334 g/mol. The number of hydrogen-bond acceptors (Lipinski definition) is 4. The predicted octanol–water partition coefficient (Wildman–Crippen LogP) is 1.09. The second-order valence-corrected chi connectivity index (χ2v) is 6.68. The number of aromatic hydroxyl groups is 1. The number of amides is 3. The lowest BCUT2D eigenvalue weighted by Gasteiger charge is -2.26. The number of carbonyl (C=O) groups excluding carboxylic acids is 3. The number of phenolic OH excluding ortho intramolecular Hbond substituents is 1. The summed E-state index contributed by atoms with van der Waals surface area (Å²) in [5.74, 6) is -0.859. The molecular formula is C19H27N3O4. The number of unbranched alkanes of at least 4 members (excludes halogenated alkanes) is 1. The van der Waals surface area contributed by atoms with E-state index >= 15 is 0 Å². The summed E-state index contributed by atoms with van der Waals surface area (Å²) in [5, 5.41) is 12.0. The summed E-state index contributed by atoms with van der Waals surface area (Å²) in [5.41, 5.74) is 6.21. The lowest BCUT2D eigenvalue weighted by atomic mass is 10.0. The first-order valence-electron chi connectivity index (χ1n) is 9.09. The Kier molecular flexibility index (Phi) is 7.00. The van der Waals surface area contributed by atoms with E-state index in [1.807, 2.05) is 6.92 Å². The fourth-order valence-corrected chi connectivity index (χ4v) is 3.17. The van der Waals surface area contributed by atoms with Gasteiger partial charge in [0.05, 0.1) is 0 Å². The third-order valence-electron chi connectivity index (χ3n) is 4.66. The van der Waals surface area contributed by atoms with Crippen molar-refractivity contribution in [2.24, 2.45) is 5.73 Å². The summed E-state index contributed by atoms with van der Waals surface area (Å²) >= 11 is 0. The Balaban J connectivity index is 2.00. The van der Waals surface area contributed by atoms with E-state index in [0.29, 0.717) is 19.4 Å². The molecule has 7 nitrogen and oxygen atoms in total. The molecule has 0 saturated carbocycles. The van der Waals surface area contributed by atoms with Crippen LogP contribution in [-0.2, 0) is 20.8 Å². The van der Waals surface area contributed by atoms with Crippen molar-refractivity contribution in [2.75, 3.05) is 6.54 Å². The first kappa shape index (κ1) is 19.8. The van der Waals surface area contributed by atoms with Crippen LogP contribution in [0.5, 0.6) is 5.75 Å². The molecule has 0 unspecified atom stereocenters. The van der Waals surface area contributed by atoms with Crippen LogP contribution in [0.15, 0.2) is 24.3 Å². The third-order valence-corrected chi connectivity index (χ3v) is 4.66. The van der Waals surface area contributed by atoms with Gasteiger partial charge in [0.15, 0.2) is 0 Å². The molecule has 0 bridgehead atoms. The Hall–Kier alpha value is -2.57. The molecule has 142 valence electrons. The van der Waals surface area contributed by atoms with Gasteiger partial charge >= 0.3 is 0 Å². The van der Waals surface area contributed by atoms with Crippen molar-refractivity contribution >= 4 is 17.7 Å². The standard InChI is InChI=1S/C19H27N3O4/c1-2-3-6-17(24)22-11-4-5-16(22)19(26)21-15(18(20)25)12-13-7-9-14(23)10-8-13/h7-10,15-16,23H,2-6,11-12H2,1H3,(H2,20,25)(H,21,26)/t15-,16-/m0/s1. The molecule has 1 aliphatic rings. The van der Waals surface area contributed by atoms with Crippen LogP contribution in [0.1, 0.15) is 44.6 Å². The van der Waals surface area contributed by atoms with Gasteiger partial charge in [-0.25, -0.2) is 0 Å². The highest BCUT2D eigenvalue weighted by Crippen LogP contribution is 2.20. The van der Waals surface area contributed by atoms with Gasteiger partial charge in [0.1, 0.15) is 17.8 Å². The monoisotopic (exact) mass is 361 g/mol. The number of nitrogens with one attached hydrogen (secondary N) is 1. The van der Waals surface area contributed by atoms with Gasteiger partial charge in [0.2, 0.25) is 17.7 Å². The van der Waals surface area contributed by atoms with E-state index in [1.165, 1.54) is 12.1 Å². The van der Waals surface area contributed by atoms with Crippen molar-refractivity contribution in [1.29, 1.82) is 0 Å². The Morgan fingerprint density at radius 2 is 2.00 bits per heavy atom. The first-order valence-corrected chi connectivity index (χ1v) is 9.09. The summed E-state index contributed by atoms with van der Waals surface area (Å²) in [6.45, 7) is 2.59. The van der Waals surface area contributed by atoms with Crippen LogP contribution in [0.3, 0.4) is 0 Å². The lowest BCUT2D eigenvalue weighted by molar-refractivity contribution is -0.139. The molecule has 1 heterocycles. The summed E-state index contributed by atoms with van der Waals surface area (Å²) in [4.78, 5) is 38.3. The molecule has 3 amide bonds. The Bertz CT molecular complexity index is 645. The summed E-state index contributed by atoms with van der Waals surface area (Å²) in [6.07, 6.45) is 3.76. The minimum absolute atomic E-state index is 0.0151. The van der Waals surface area contributed by atoms with Crippen molar-refractivity contribution < 1.29 is 19.5 Å². The minimum Gasteiger partial charge on any atom is -0.508 e. The van der Waals surface area contributed by atoms with Gasteiger partial charge in [0.25, 0.3) is 0 Å². The average molecular weight is 361 g/mol. The highest BCUT2D eigenvalue weighted by atomic mass is 16.3. The number of benzene rings is 1. The SMILES string of the molecule is CCCCC(=O)N1CCC[C@H]1C(=O)N[C@@H](Cc1ccc(O)cc1)C(N)=O. The fourth-order valence-electron chi connectivity index (χ4n) is 3.17. The smallest absolute Gasteiger partial charge is 0.243 e. The number of primary amides is 1. The molecule has 26 heavy (non-hydrogen) atoms. The van der Waals surface area contributed by atoms with Crippen molar-refractivity contribution in [3.05, 3.63) is 29.8 Å². The number of hydrogen-bond donors (Lipinski definition) is 3. The molecule has 0 aliphatic carbocycles. The highest BCUT2D eigenvalue weighted by Gasteiger charge is 2.35. The molecule has 1 aromatic rings. The van der Waals surface area contributed by atoms with Gasteiger partial charge in [-0.2, -0.15) is 0 Å². The second kappa shape index (κ2) is 9.22. The Morgan fingerprint density at radius 3 is 2.62 bits per heavy atom. The number of carbonyl (C=O) groups is 3. The van der Waals surface area contributed by atoms with Crippen LogP contribution >= 0.6 is 0 Å². The van der Waals surface area contributed by atoms with Crippen LogP contribution in [0, 0.1) is 0 Å². The van der Waals surface area contributed by atoms with Gasteiger partial charge in [-0.1, -0.05) is 25.5 Å². The maximum atomic E-state index is 12.6. The molecule has 2 rings (SSSR count). The van der Waals surface area contributed by atoms with Gasteiger partial charge in [-0.15, -0.1) is 0 Å².